The van der Waals surface area contributed by atoms with Crippen molar-refractivity contribution in [3.63, 3.8) is 0 Å². The van der Waals surface area contributed by atoms with E-state index in [9.17, 15) is 14.3 Å². The Kier molecular flexibility index (Phi) is 10.7. The number of para-hydroxylation sites is 1. The minimum atomic E-state index is -1.34. The molecule has 0 spiro atoms. The van der Waals surface area contributed by atoms with E-state index in [0.717, 1.165) is 61.8 Å². The molecule has 3 aromatic carbocycles. The average molecular weight is 739 g/mol. The third kappa shape index (κ3) is 7.84. The van der Waals surface area contributed by atoms with Gasteiger partial charge in [-0.05, 0) is 73.7 Å². The summed E-state index contributed by atoms with van der Waals surface area (Å²) >= 11 is 0. The highest BCUT2D eigenvalue weighted by Gasteiger charge is 2.38. The number of phenols is 1. The molecule has 3 saturated heterocycles. The molecule has 3 fully saturated rings. The van der Waals surface area contributed by atoms with E-state index in [4.69, 9.17) is 17.2 Å². The van der Waals surface area contributed by atoms with Gasteiger partial charge >= 0.3 is 0 Å². The number of halogens is 2. The zero-order chi connectivity index (χ0) is 38.0. The van der Waals surface area contributed by atoms with E-state index < -0.39 is 5.67 Å². The molecule has 7 rings (SSSR count). The van der Waals surface area contributed by atoms with E-state index in [1.54, 1.807) is 48.4 Å². The number of fused-ring (bicyclic) bond motifs is 1. The maximum absolute atomic E-state index is 16.2. The summed E-state index contributed by atoms with van der Waals surface area (Å²) in [5.41, 5.74) is 21.9. The average Bonchev–Trinajstić information content (AvgIpc) is 3.59. The molecule has 0 aliphatic carbocycles. The minimum absolute atomic E-state index is 0.0715. The van der Waals surface area contributed by atoms with Crippen LogP contribution in [0.2, 0.25) is 0 Å². The van der Waals surface area contributed by atoms with E-state index in [0.29, 0.717) is 67.2 Å². The number of aromatic nitrogens is 1. The molecule has 10 nitrogen and oxygen atoms in total. The highest BCUT2D eigenvalue weighted by Crippen LogP contribution is 2.35. The van der Waals surface area contributed by atoms with Gasteiger partial charge in [0, 0.05) is 112 Å². The van der Waals surface area contributed by atoms with E-state index in [-0.39, 0.29) is 35.3 Å². The number of anilines is 1. The molecule has 0 radical (unpaired) electrons. The molecule has 12 heteroatoms. The summed E-state index contributed by atoms with van der Waals surface area (Å²) in [6, 6.07) is 20.4. The van der Waals surface area contributed by atoms with Crippen molar-refractivity contribution < 1.29 is 18.7 Å². The number of phenolic OH excluding ortho intramolecular Hbond substituents is 1. The smallest absolute Gasteiger partial charge is 0.253 e. The second kappa shape index (κ2) is 15.6. The number of carbonyl (C=O) groups is 1. The van der Waals surface area contributed by atoms with Gasteiger partial charge in [-0.1, -0.05) is 24.3 Å². The third-order valence-electron chi connectivity index (χ3n) is 11.7. The van der Waals surface area contributed by atoms with Gasteiger partial charge in [0.05, 0.1) is 16.9 Å². The number of likely N-dealkylation sites (tertiary alicyclic amines) is 3. The number of alkyl halides is 1. The summed E-state index contributed by atoms with van der Waals surface area (Å²) in [6.45, 7) is 4.13. The van der Waals surface area contributed by atoms with E-state index in [2.05, 4.69) is 19.7 Å². The summed E-state index contributed by atoms with van der Waals surface area (Å²) in [6.07, 6.45) is 8.03. The number of nitrogens with zero attached hydrogens (tertiary/aromatic N) is 4. The number of carbonyl (C=O) groups excluding carboxylic acids is 1. The minimum Gasteiger partial charge on any atom is -0.507 e. The predicted molar refractivity (Wildman–Crippen MR) is 211 cm³/mol. The van der Waals surface area contributed by atoms with Crippen molar-refractivity contribution in [1.82, 2.24) is 19.3 Å². The van der Waals surface area contributed by atoms with Crippen LogP contribution >= 0.6 is 0 Å². The first kappa shape index (κ1) is 37.1. The van der Waals surface area contributed by atoms with Crippen LogP contribution in [0.5, 0.6) is 5.75 Å². The fraction of sp³-hybridized carbons (Fsp3) is 0.405. The van der Waals surface area contributed by atoms with Gasteiger partial charge in [-0.25, -0.2) is 8.78 Å². The molecule has 0 bridgehead atoms. The number of hydrogen-bond donors (Lipinski definition) is 5. The van der Waals surface area contributed by atoms with Crippen LogP contribution in [0.4, 0.5) is 14.5 Å². The number of rotatable bonds is 9. The summed E-state index contributed by atoms with van der Waals surface area (Å²) in [4.78, 5) is 19.6. The van der Waals surface area contributed by atoms with E-state index in [1.165, 1.54) is 0 Å². The van der Waals surface area contributed by atoms with Crippen molar-refractivity contribution >= 4 is 28.2 Å². The number of amides is 1. The Morgan fingerprint density at radius 1 is 0.944 bits per heavy atom. The molecule has 54 heavy (non-hydrogen) atoms. The fourth-order valence-electron chi connectivity index (χ4n) is 8.56. The molecule has 1 atom stereocenters. The van der Waals surface area contributed by atoms with Crippen LogP contribution in [-0.4, -0.2) is 88.8 Å². The molecule has 286 valence electrons. The van der Waals surface area contributed by atoms with Gasteiger partial charge < -0.3 is 46.9 Å². The second-order valence-corrected chi connectivity index (χ2v) is 15.2. The molecule has 1 aromatic heterocycles. The first-order chi connectivity index (χ1) is 26.0. The normalized spacial score (nSPS) is 19.9. The molecule has 3 aliphatic heterocycles. The lowest BCUT2D eigenvalue weighted by molar-refractivity contribution is 0.0158. The van der Waals surface area contributed by atoms with E-state index >= 15 is 4.39 Å². The molecular formula is C42H52F2N8O2. The standard InChI is InChI=1S/C42H52F2N8O2/c1-48-36-23-30-12-20-52(37(30)24-34(36)43)32-13-18-49(19-14-32)27-42(44)15-21-50(22-16-42)41(54)29-10-8-28(9-11-29)31-5-4-17-51(26-31)38(40(46)47)25-35(45)33-6-2-3-7-39(33)53/h2-3,6-12,20,23-25,31-32,48,53H,4-5,13-19,21-22,26-27,45-47H2,1H3/b35-25-. The van der Waals surface area contributed by atoms with Crippen LogP contribution in [0.15, 0.2) is 90.5 Å². The Balaban J connectivity index is 0.909. The molecular weight excluding hydrogens is 687 g/mol. The van der Waals surface area contributed by atoms with Crippen LogP contribution in [0.3, 0.4) is 0 Å². The monoisotopic (exact) mass is 738 g/mol. The van der Waals surface area contributed by atoms with Gasteiger partial charge in [0.15, 0.2) is 0 Å². The van der Waals surface area contributed by atoms with Gasteiger partial charge in [-0.2, -0.15) is 0 Å². The predicted octanol–water partition coefficient (Wildman–Crippen LogP) is 6.07. The van der Waals surface area contributed by atoms with Crippen molar-refractivity contribution in [2.24, 2.45) is 17.2 Å². The van der Waals surface area contributed by atoms with Gasteiger partial charge in [0.25, 0.3) is 5.91 Å². The SMILES string of the molecule is CNc1cc2ccn(C3CCN(CC4(F)CCN(C(=O)c5ccc(C6CCCN(C(/C=C(\N)c7ccccc7O)=C(N)N)C6)cc5)CC4)CC3)c2cc1F. The lowest BCUT2D eigenvalue weighted by atomic mass is 9.89. The molecule has 4 aromatic rings. The number of benzene rings is 3. The van der Waals surface area contributed by atoms with Crippen molar-refractivity contribution in [3.05, 3.63) is 113 Å². The highest BCUT2D eigenvalue weighted by atomic mass is 19.1. The summed E-state index contributed by atoms with van der Waals surface area (Å²) in [7, 11) is 1.72. The number of piperidine rings is 3. The quantitative estimate of drug-likeness (QED) is 0.130. The number of allylic oxidation sites excluding steroid dienone is 1. The summed E-state index contributed by atoms with van der Waals surface area (Å²) in [5.74, 6) is 0.0986. The maximum atomic E-state index is 16.2. The molecule has 0 saturated carbocycles. The number of nitrogens with two attached hydrogens (primary N) is 3. The zero-order valence-corrected chi connectivity index (χ0v) is 31.0. The first-order valence-corrected chi connectivity index (χ1v) is 19.1. The number of nitrogens with one attached hydrogen (secondary N) is 1. The summed E-state index contributed by atoms with van der Waals surface area (Å²) in [5, 5.41) is 14.2. The molecule has 3 aliphatic rings. The number of aromatic hydroxyl groups is 1. The topological polar surface area (TPSA) is 142 Å². The third-order valence-corrected chi connectivity index (χ3v) is 11.7. The fourth-order valence-corrected chi connectivity index (χ4v) is 8.56. The second-order valence-electron chi connectivity index (χ2n) is 15.2. The molecule has 1 amide bonds. The lowest BCUT2D eigenvalue weighted by Crippen LogP contribution is -2.51. The van der Waals surface area contributed by atoms with Gasteiger partial charge in [0.1, 0.15) is 23.1 Å². The van der Waals surface area contributed by atoms with Crippen LogP contribution in [0.25, 0.3) is 16.6 Å². The zero-order valence-electron chi connectivity index (χ0n) is 31.0. The van der Waals surface area contributed by atoms with Crippen LogP contribution in [0, 0.1) is 5.82 Å². The summed E-state index contributed by atoms with van der Waals surface area (Å²) < 4.78 is 32.9. The number of hydrogen-bond acceptors (Lipinski definition) is 8. The van der Waals surface area contributed by atoms with Crippen molar-refractivity contribution in [2.45, 2.75) is 56.2 Å². The molecule has 1 unspecified atom stereocenters. The Bertz CT molecular complexity index is 2020. The largest absolute Gasteiger partial charge is 0.507 e. The van der Waals surface area contributed by atoms with Crippen molar-refractivity contribution in [1.29, 1.82) is 0 Å². The maximum Gasteiger partial charge on any atom is 0.253 e. The van der Waals surface area contributed by atoms with Gasteiger partial charge in [-0.3, -0.25) is 4.79 Å². The lowest BCUT2D eigenvalue weighted by Gasteiger charge is -2.41. The van der Waals surface area contributed by atoms with E-state index in [1.807, 2.05) is 42.6 Å². The van der Waals surface area contributed by atoms with Gasteiger partial charge in [0.2, 0.25) is 0 Å². The van der Waals surface area contributed by atoms with Crippen LogP contribution < -0.4 is 22.5 Å². The Morgan fingerprint density at radius 3 is 2.35 bits per heavy atom. The Morgan fingerprint density at radius 2 is 1.67 bits per heavy atom. The molecule has 4 heterocycles. The van der Waals surface area contributed by atoms with Crippen LogP contribution in [0.1, 0.15) is 72.0 Å². The molecule has 8 N–H and O–H groups in total. The first-order valence-electron chi connectivity index (χ1n) is 19.1. The van der Waals surface area contributed by atoms with Crippen molar-refractivity contribution in [3.8, 4) is 5.75 Å². The van der Waals surface area contributed by atoms with Crippen molar-refractivity contribution in [2.75, 3.05) is 58.2 Å². The van der Waals surface area contributed by atoms with Crippen LogP contribution in [-0.2, 0) is 0 Å². The Labute approximate surface area is 315 Å². The van der Waals surface area contributed by atoms with Gasteiger partial charge in [-0.15, -0.1) is 0 Å². The Hall–Kier alpha value is -5.23. The highest BCUT2D eigenvalue weighted by molar-refractivity contribution is 5.94.